The minimum absolute atomic E-state index is 0.0235. The quantitative estimate of drug-likeness (QED) is 0.861. The molecule has 1 aliphatic heterocycles. The standard InChI is InChI=1S/C17H18N2O2/c1-21-14-6-7-15(16(18)10-14)17(20)19-9-8-12-4-2-3-5-13(12)11-19/h2-7,10H,8-9,11,18H2,1H3. The Labute approximate surface area is 124 Å². The normalized spacial score (nSPS) is 13.7. The third-order valence-electron chi connectivity index (χ3n) is 3.91. The average Bonchev–Trinajstić information content (AvgIpc) is 2.53. The van der Waals surface area contributed by atoms with Crippen molar-refractivity contribution in [3.63, 3.8) is 0 Å². The lowest BCUT2D eigenvalue weighted by molar-refractivity contribution is 0.0736. The number of benzene rings is 2. The van der Waals surface area contributed by atoms with Gasteiger partial charge in [0.15, 0.2) is 0 Å². The lowest BCUT2D eigenvalue weighted by Crippen LogP contribution is -2.36. The molecule has 0 aliphatic carbocycles. The lowest BCUT2D eigenvalue weighted by Gasteiger charge is -2.29. The van der Waals surface area contributed by atoms with Gasteiger partial charge in [-0.2, -0.15) is 0 Å². The molecule has 0 spiro atoms. The van der Waals surface area contributed by atoms with Gasteiger partial charge < -0.3 is 15.4 Å². The molecule has 0 saturated carbocycles. The molecule has 0 fully saturated rings. The van der Waals surface area contributed by atoms with Crippen LogP contribution < -0.4 is 10.5 Å². The van der Waals surface area contributed by atoms with Gasteiger partial charge in [0.1, 0.15) is 5.75 Å². The van der Waals surface area contributed by atoms with E-state index in [-0.39, 0.29) is 5.91 Å². The summed E-state index contributed by atoms with van der Waals surface area (Å²) in [6.07, 6.45) is 0.887. The number of hydrogen-bond acceptors (Lipinski definition) is 3. The Morgan fingerprint density at radius 3 is 2.67 bits per heavy atom. The first kappa shape index (κ1) is 13.5. The smallest absolute Gasteiger partial charge is 0.256 e. The Hall–Kier alpha value is -2.49. The first-order valence-corrected chi connectivity index (χ1v) is 6.98. The van der Waals surface area contributed by atoms with Gasteiger partial charge in [0.2, 0.25) is 0 Å². The van der Waals surface area contributed by atoms with Crippen molar-refractivity contribution in [2.75, 3.05) is 19.4 Å². The van der Waals surface area contributed by atoms with Crippen LogP contribution in [0.25, 0.3) is 0 Å². The number of rotatable bonds is 2. The molecule has 0 aromatic heterocycles. The zero-order valence-corrected chi connectivity index (χ0v) is 12.0. The number of nitrogens with zero attached hydrogens (tertiary/aromatic N) is 1. The van der Waals surface area contributed by atoms with E-state index < -0.39 is 0 Å². The van der Waals surface area contributed by atoms with E-state index >= 15 is 0 Å². The topological polar surface area (TPSA) is 55.6 Å². The van der Waals surface area contributed by atoms with Crippen LogP contribution in [0.2, 0.25) is 0 Å². The van der Waals surface area contributed by atoms with Crippen molar-refractivity contribution in [2.24, 2.45) is 0 Å². The Bertz CT molecular complexity index is 682. The average molecular weight is 282 g/mol. The van der Waals surface area contributed by atoms with E-state index in [1.807, 2.05) is 17.0 Å². The largest absolute Gasteiger partial charge is 0.497 e. The van der Waals surface area contributed by atoms with Gasteiger partial charge in [-0.05, 0) is 29.7 Å². The number of fused-ring (bicyclic) bond motifs is 1. The molecule has 0 radical (unpaired) electrons. The molecule has 0 bridgehead atoms. The van der Waals surface area contributed by atoms with Crippen LogP contribution in [-0.4, -0.2) is 24.5 Å². The minimum Gasteiger partial charge on any atom is -0.497 e. The summed E-state index contributed by atoms with van der Waals surface area (Å²) in [5.41, 5.74) is 9.50. The second-order valence-electron chi connectivity index (χ2n) is 5.20. The van der Waals surface area contributed by atoms with Crippen LogP contribution in [-0.2, 0) is 13.0 Å². The van der Waals surface area contributed by atoms with Crippen molar-refractivity contribution in [2.45, 2.75) is 13.0 Å². The zero-order chi connectivity index (χ0) is 14.8. The number of methoxy groups -OCH3 is 1. The Morgan fingerprint density at radius 1 is 1.19 bits per heavy atom. The number of carbonyl (C=O) groups is 1. The van der Waals surface area contributed by atoms with E-state index in [4.69, 9.17) is 10.5 Å². The molecule has 2 aromatic carbocycles. The van der Waals surface area contributed by atoms with E-state index in [1.165, 1.54) is 11.1 Å². The third-order valence-corrected chi connectivity index (χ3v) is 3.91. The maximum Gasteiger partial charge on any atom is 0.256 e. The molecular weight excluding hydrogens is 264 g/mol. The number of carbonyl (C=O) groups excluding carboxylic acids is 1. The van der Waals surface area contributed by atoms with Gasteiger partial charge in [0.25, 0.3) is 5.91 Å². The van der Waals surface area contributed by atoms with Gasteiger partial charge in [-0.1, -0.05) is 24.3 Å². The maximum atomic E-state index is 12.6. The van der Waals surface area contributed by atoms with Crippen molar-refractivity contribution in [1.29, 1.82) is 0 Å². The van der Waals surface area contributed by atoms with Gasteiger partial charge in [0, 0.05) is 24.8 Å². The number of anilines is 1. The van der Waals surface area contributed by atoms with E-state index in [0.717, 1.165) is 13.0 Å². The molecule has 0 saturated heterocycles. The third kappa shape index (κ3) is 2.57. The molecule has 108 valence electrons. The van der Waals surface area contributed by atoms with Crippen molar-refractivity contribution >= 4 is 11.6 Å². The summed E-state index contributed by atoms with van der Waals surface area (Å²) in [4.78, 5) is 14.5. The van der Waals surface area contributed by atoms with Gasteiger partial charge in [0.05, 0.1) is 12.7 Å². The van der Waals surface area contributed by atoms with Crippen LogP contribution in [0.5, 0.6) is 5.75 Å². The van der Waals surface area contributed by atoms with Crippen molar-refractivity contribution in [1.82, 2.24) is 4.90 Å². The highest BCUT2D eigenvalue weighted by molar-refractivity contribution is 5.99. The molecule has 2 aromatic rings. The Morgan fingerprint density at radius 2 is 1.95 bits per heavy atom. The molecule has 2 N–H and O–H groups in total. The van der Waals surface area contributed by atoms with Crippen molar-refractivity contribution in [3.05, 3.63) is 59.2 Å². The van der Waals surface area contributed by atoms with Crippen molar-refractivity contribution < 1.29 is 9.53 Å². The highest BCUT2D eigenvalue weighted by Crippen LogP contribution is 2.24. The number of ether oxygens (including phenoxy) is 1. The predicted octanol–water partition coefficient (Wildman–Crippen LogP) is 2.48. The molecular formula is C17H18N2O2. The summed E-state index contributed by atoms with van der Waals surface area (Å²) in [6.45, 7) is 1.36. The predicted molar refractivity (Wildman–Crippen MR) is 82.3 cm³/mol. The fourth-order valence-corrected chi connectivity index (χ4v) is 2.70. The summed E-state index contributed by atoms with van der Waals surface area (Å²) in [5.74, 6) is 0.637. The molecule has 1 heterocycles. The van der Waals surface area contributed by atoms with E-state index in [0.29, 0.717) is 23.5 Å². The molecule has 0 unspecified atom stereocenters. The number of nitrogen functional groups attached to an aromatic ring is 1. The Kier molecular flexibility index (Phi) is 3.52. The summed E-state index contributed by atoms with van der Waals surface area (Å²) in [7, 11) is 1.58. The van der Waals surface area contributed by atoms with E-state index in [1.54, 1.807) is 25.3 Å². The van der Waals surface area contributed by atoms with Crippen LogP contribution in [0, 0.1) is 0 Å². The molecule has 3 rings (SSSR count). The highest BCUT2D eigenvalue weighted by Gasteiger charge is 2.22. The first-order chi connectivity index (χ1) is 10.2. The second-order valence-corrected chi connectivity index (χ2v) is 5.20. The van der Waals surface area contributed by atoms with E-state index in [2.05, 4.69) is 12.1 Å². The molecule has 1 aliphatic rings. The highest BCUT2D eigenvalue weighted by atomic mass is 16.5. The molecule has 1 amide bonds. The van der Waals surface area contributed by atoms with Crippen LogP contribution in [0.4, 0.5) is 5.69 Å². The van der Waals surface area contributed by atoms with Crippen LogP contribution in [0.3, 0.4) is 0 Å². The fourth-order valence-electron chi connectivity index (χ4n) is 2.70. The number of amides is 1. The monoisotopic (exact) mass is 282 g/mol. The first-order valence-electron chi connectivity index (χ1n) is 6.98. The van der Waals surface area contributed by atoms with Crippen LogP contribution >= 0.6 is 0 Å². The lowest BCUT2D eigenvalue weighted by atomic mass is 9.99. The minimum atomic E-state index is -0.0235. The van der Waals surface area contributed by atoms with Gasteiger partial charge in [-0.25, -0.2) is 0 Å². The maximum absolute atomic E-state index is 12.6. The summed E-state index contributed by atoms with van der Waals surface area (Å²) in [5, 5.41) is 0. The van der Waals surface area contributed by atoms with Crippen LogP contribution in [0.1, 0.15) is 21.5 Å². The van der Waals surface area contributed by atoms with Gasteiger partial charge in [-0.15, -0.1) is 0 Å². The van der Waals surface area contributed by atoms with E-state index in [9.17, 15) is 4.79 Å². The fraction of sp³-hybridized carbons (Fsp3) is 0.235. The zero-order valence-electron chi connectivity index (χ0n) is 12.0. The molecule has 4 nitrogen and oxygen atoms in total. The molecule has 0 atom stereocenters. The van der Waals surface area contributed by atoms with Gasteiger partial charge >= 0.3 is 0 Å². The number of hydrogen-bond donors (Lipinski definition) is 1. The SMILES string of the molecule is COc1ccc(C(=O)N2CCc3ccccc3C2)c(N)c1. The molecule has 4 heteroatoms. The van der Waals surface area contributed by atoms with Gasteiger partial charge in [-0.3, -0.25) is 4.79 Å². The summed E-state index contributed by atoms with van der Waals surface area (Å²) in [6, 6.07) is 13.4. The summed E-state index contributed by atoms with van der Waals surface area (Å²) >= 11 is 0. The van der Waals surface area contributed by atoms with Crippen LogP contribution in [0.15, 0.2) is 42.5 Å². The Balaban J connectivity index is 1.84. The molecule has 21 heavy (non-hydrogen) atoms. The summed E-state index contributed by atoms with van der Waals surface area (Å²) < 4.78 is 5.12. The second kappa shape index (κ2) is 5.48. The van der Waals surface area contributed by atoms with Crippen molar-refractivity contribution in [3.8, 4) is 5.75 Å². The number of nitrogens with two attached hydrogens (primary N) is 1.